The van der Waals surface area contributed by atoms with Gasteiger partial charge in [-0.25, -0.2) is 4.98 Å². The van der Waals surface area contributed by atoms with Gasteiger partial charge in [-0.15, -0.1) is 0 Å². The summed E-state index contributed by atoms with van der Waals surface area (Å²) in [4.78, 5) is 25.1. The molecular weight excluding hydrogens is 481 g/mol. The zero-order valence-electron chi connectivity index (χ0n) is 20.5. The van der Waals surface area contributed by atoms with Crippen molar-refractivity contribution in [2.75, 3.05) is 44.2 Å². The number of imidazole rings is 1. The molecular formula is C27H33Cl2N5O. The van der Waals surface area contributed by atoms with Gasteiger partial charge in [-0.05, 0) is 63.6 Å². The number of rotatable bonds is 5. The van der Waals surface area contributed by atoms with Crippen molar-refractivity contribution < 1.29 is 4.79 Å². The lowest BCUT2D eigenvalue weighted by molar-refractivity contribution is -0.137. The highest BCUT2D eigenvalue weighted by atomic mass is 35.5. The van der Waals surface area contributed by atoms with Crippen LogP contribution in [0.4, 0.5) is 5.69 Å². The van der Waals surface area contributed by atoms with Crippen molar-refractivity contribution in [1.82, 2.24) is 19.4 Å². The van der Waals surface area contributed by atoms with Crippen LogP contribution in [-0.2, 0) is 11.3 Å². The number of fused-ring (bicyclic) bond motifs is 1. The van der Waals surface area contributed by atoms with Crippen molar-refractivity contribution in [3.05, 3.63) is 58.3 Å². The third-order valence-electron chi connectivity index (χ3n) is 7.25. The highest BCUT2D eigenvalue weighted by Gasteiger charge is 2.32. The fraction of sp³-hybridized carbons (Fsp3) is 0.481. The minimum atomic E-state index is 0.0435. The Morgan fingerprint density at radius 1 is 1.06 bits per heavy atom. The van der Waals surface area contributed by atoms with Crippen molar-refractivity contribution in [3.63, 3.8) is 0 Å². The number of carbonyl (C=O) groups is 1. The average Bonchev–Trinajstić information content (AvgIpc) is 3.23. The predicted molar refractivity (Wildman–Crippen MR) is 143 cm³/mol. The van der Waals surface area contributed by atoms with Gasteiger partial charge in [0.15, 0.2) is 0 Å². The molecule has 2 saturated heterocycles. The molecule has 0 N–H and O–H groups in total. The maximum absolute atomic E-state index is 13.4. The standard InChI is InChI=1S/C27H33Cl2N5O/c1-19(2)34-24-8-4-3-7-23(24)30-26(34)18-31-11-5-6-20(17-31)27(35)33-14-12-32(13-15-33)25-16-21(28)9-10-22(25)29/h3-4,7-10,16,19-20H,5-6,11-15,17-18H2,1-2H3/t20-/m1/s1. The molecule has 3 aromatic rings. The third kappa shape index (κ3) is 5.16. The molecule has 5 rings (SSSR count). The van der Waals surface area contributed by atoms with E-state index in [0.29, 0.717) is 29.2 Å². The number of piperidine rings is 1. The van der Waals surface area contributed by atoms with Gasteiger partial charge < -0.3 is 14.4 Å². The fourth-order valence-electron chi connectivity index (χ4n) is 5.54. The van der Waals surface area contributed by atoms with E-state index in [-0.39, 0.29) is 11.8 Å². The van der Waals surface area contributed by atoms with E-state index >= 15 is 0 Å². The first-order valence-electron chi connectivity index (χ1n) is 12.6. The molecule has 2 aromatic carbocycles. The van der Waals surface area contributed by atoms with E-state index in [1.165, 1.54) is 5.52 Å². The van der Waals surface area contributed by atoms with E-state index in [4.69, 9.17) is 28.2 Å². The molecule has 0 aliphatic carbocycles. The molecule has 1 amide bonds. The Morgan fingerprint density at radius 3 is 2.60 bits per heavy atom. The van der Waals surface area contributed by atoms with E-state index in [0.717, 1.165) is 62.6 Å². The summed E-state index contributed by atoms with van der Waals surface area (Å²) in [6.45, 7) is 9.93. The van der Waals surface area contributed by atoms with Gasteiger partial charge in [0, 0.05) is 43.8 Å². The van der Waals surface area contributed by atoms with Gasteiger partial charge in [0.2, 0.25) is 5.91 Å². The molecule has 0 unspecified atom stereocenters. The van der Waals surface area contributed by atoms with Crippen LogP contribution in [0.3, 0.4) is 0 Å². The maximum Gasteiger partial charge on any atom is 0.227 e. The van der Waals surface area contributed by atoms with Crippen molar-refractivity contribution in [2.45, 2.75) is 39.3 Å². The minimum Gasteiger partial charge on any atom is -0.367 e. The number of piperazine rings is 1. The summed E-state index contributed by atoms with van der Waals surface area (Å²) < 4.78 is 2.33. The molecule has 8 heteroatoms. The summed E-state index contributed by atoms with van der Waals surface area (Å²) in [5.74, 6) is 1.41. The first-order valence-corrected chi connectivity index (χ1v) is 13.3. The van der Waals surface area contributed by atoms with E-state index in [1.807, 2.05) is 23.1 Å². The zero-order valence-corrected chi connectivity index (χ0v) is 22.0. The molecule has 1 atom stereocenters. The minimum absolute atomic E-state index is 0.0435. The largest absolute Gasteiger partial charge is 0.367 e. The van der Waals surface area contributed by atoms with Crippen LogP contribution in [0.2, 0.25) is 10.0 Å². The Morgan fingerprint density at radius 2 is 1.83 bits per heavy atom. The number of nitrogens with zero attached hydrogens (tertiary/aromatic N) is 5. The summed E-state index contributed by atoms with van der Waals surface area (Å²) in [5, 5.41) is 1.38. The van der Waals surface area contributed by atoms with E-state index < -0.39 is 0 Å². The number of anilines is 1. The summed E-state index contributed by atoms with van der Waals surface area (Å²) in [6, 6.07) is 14.2. The molecule has 0 radical (unpaired) electrons. The van der Waals surface area contributed by atoms with Gasteiger partial charge in [0.1, 0.15) is 5.82 Å². The molecule has 2 aliphatic heterocycles. The lowest BCUT2D eigenvalue weighted by atomic mass is 9.96. The van der Waals surface area contributed by atoms with Gasteiger partial charge in [0.25, 0.3) is 0 Å². The number of halogens is 2. The number of likely N-dealkylation sites (tertiary alicyclic amines) is 1. The fourth-order valence-corrected chi connectivity index (χ4v) is 5.94. The first kappa shape index (κ1) is 24.4. The normalized spacial score (nSPS) is 19.6. The molecule has 1 aromatic heterocycles. The number of aromatic nitrogens is 2. The molecule has 186 valence electrons. The highest BCUT2D eigenvalue weighted by molar-refractivity contribution is 6.35. The summed E-state index contributed by atoms with van der Waals surface area (Å²) in [5.41, 5.74) is 3.17. The third-order valence-corrected chi connectivity index (χ3v) is 7.80. The second kappa shape index (κ2) is 10.4. The Kier molecular flexibility index (Phi) is 7.24. The number of carbonyl (C=O) groups excluding carboxylic acids is 1. The smallest absolute Gasteiger partial charge is 0.227 e. The first-order chi connectivity index (χ1) is 16.9. The number of hydrogen-bond acceptors (Lipinski definition) is 4. The van der Waals surface area contributed by atoms with Gasteiger partial charge in [0.05, 0.1) is 34.2 Å². The van der Waals surface area contributed by atoms with E-state index in [9.17, 15) is 4.79 Å². The molecule has 6 nitrogen and oxygen atoms in total. The van der Waals surface area contributed by atoms with Crippen molar-refractivity contribution in [1.29, 1.82) is 0 Å². The van der Waals surface area contributed by atoms with Crippen LogP contribution >= 0.6 is 23.2 Å². The van der Waals surface area contributed by atoms with Gasteiger partial charge in [-0.1, -0.05) is 35.3 Å². The zero-order chi connectivity index (χ0) is 24.5. The van der Waals surface area contributed by atoms with Gasteiger partial charge in [-0.3, -0.25) is 9.69 Å². The summed E-state index contributed by atoms with van der Waals surface area (Å²) >= 11 is 12.6. The summed E-state index contributed by atoms with van der Waals surface area (Å²) in [7, 11) is 0. The molecule has 0 spiro atoms. The van der Waals surface area contributed by atoms with Crippen LogP contribution in [-0.4, -0.2) is 64.5 Å². The van der Waals surface area contributed by atoms with Crippen LogP contribution in [0.25, 0.3) is 11.0 Å². The maximum atomic E-state index is 13.4. The summed E-state index contributed by atoms with van der Waals surface area (Å²) in [6.07, 6.45) is 1.99. The van der Waals surface area contributed by atoms with Crippen molar-refractivity contribution in [3.8, 4) is 0 Å². The molecule has 35 heavy (non-hydrogen) atoms. The van der Waals surface area contributed by atoms with Crippen LogP contribution < -0.4 is 4.90 Å². The van der Waals surface area contributed by atoms with Crippen molar-refractivity contribution in [2.24, 2.45) is 5.92 Å². The van der Waals surface area contributed by atoms with Crippen LogP contribution in [0.5, 0.6) is 0 Å². The molecule has 0 saturated carbocycles. The number of hydrogen-bond donors (Lipinski definition) is 0. The van der Waals surface area contributed by atoms with Gasteiger partial charge in [-0.2, -0.15) is 0 Å². The SMILES string of the molecule is CC(C)n1c(CN2CCC[C@@H](C(=O)N3CCN(c4cc(Cl)ccc4Cl)CC3)C2)nc2ccccc21. The molecule has 2 fully saturated rings. The molecule has 2 aliphatic rings. The lowest BCUT2D eigenvalue weighted by Crippen LogP contribution is -2.52. The van der Waals surface area contributed by atoms with Crippen molar-refractivity contribution >= 4 is 45.8 Å². The number of amides is 1. The van der Waals surface area contributed by atoms with E-state index in [1.54, 1.807) is 6.07 Å². The number of benzene rings is 2. The van der Waals surface area contributed by atoms with Crippen LogP contribution in [0, 0.1) is 5.92 Å². The van der Waals surface area contributed by atoms with Crippen LogP contribution in [0.15, 0.2) is 42.5 Å². The monoisotopic (exact) mass is 513 g/mol. The molecule has 3 heterocycles. The Labute approximate surface area is 217 Å². The Hall–Kier alpha value is -2.28. The van der Waals surface area contributed by atoms with Crippen LogP contribution in [0.1, 0.15) is 38.6 Å². The van der Waals surface area contributed by atoms with Gasteiger partial charge >= 0.3 is 0 Å². The quantitative estimate of drug-likeness (QED) is 0.452. The molecule has 0 bridgehead atoms. The average molecular weight is 515 g/mol. The highest BCUT2D eigenvalue weighted by Crippen LogP contribution is 2.30. The Bertz CT molecular complexity index is 1200. The number of para-hydroxylation sites is 2. The van der Waals surface area contributed by atoms with E-state index in [2.05, 4.69) is 46.4 Å². The lowest BCUT2D eigenvalue weighted by Gasteiger charge is -2.40. The predicted octanol–water partition coefficient (Wildman–Crippen LogP) is 5.48. The topological polar surface area (TPSA) is 44.6 Å². The Balaban J connectivity index is 1.22. The second-order valence-electron chi connectivity index (χ2n) is 9.96. The second-order valence-corrected chi connectivity index (χ2v) is 10.8.